The van der Waals surface area contributed by atoms with Crippen LogP contribution in [-0.2, 0) is 32.5 Å². The number of rotatable bonds is 4. The number of carbonyl (C=O) groups is 1. The normalized spacial score (nSPS) is 20.9. The van der Waals surface area contributed by atoms with Crippen molar-refractivity contribution in [2.45, 2.75) is 36.1 Å². The quantitative estimate of drug-likeness (QED) is 0.800. The standard InChI is InChI=1S/C15H16ClN3O4S3/c16-12-3-4-13(25-12)26(21,22)19-6-5-9-11(8-19)24-15(17-9)18-14(20)10-2-1-7-23-10/h3-4,10H,1-2,5-8H2,(H,17,18,20). The van der Waals surface area contributed by atoms with Crippen LogP contribution in [0.2, 0.25) is 4.34 Å². The molecular formula is C15H16ClN3O4S3. The molecule has 1 amide bonds. The van der Waals surface area contributed by atoms with Crippen LogP contribution in [0.5, 0.6) is 0 Å². The van der Waals surface area contributed by atoms with Crippen molar-refractivity contribution in [3.05, 3.63) is 27.0 Å². The van der Waals surface area contributed by atoms with Crippen LogP contribution in [0.15, 0.2) is 16.3 Å². The van der Waals surface area contributed by atoms with Gasteiger partial charge in [0.15, 0.2) is 5.13 Å². The number of nitrogens with one attached hydrogen (secondary N) is 1. The number of thiazole rings is 1. The Kier molecular flexibility index (Phi) is 5.06. The Bertz CT molecular complexity index is 934. The molecule has 1 saturated heterocycles. The zero-order valence-corrected chi connectivity index (χ0v) is 16.8. The van der Waals surface area contributed by atoms with Gasteiger partial charge in [-0.2, -0.15) is 4.31 Å². The van der Waals surface area contributed by atoms with E-state index < -0.39 is 16.1 Å². The van der Waals surface area contributed by atoms with E-state index in [1.54, 1.807) is 6.07 Å². The molecular weight excluding hydrogens is 418 g/mol. The molecule has 0 radical (unpaired) electrons. The lowest BCUT2D eigenvalue weighted by molar-refractivity contribution is -0.124. The third-order valence-corrected chi connectivity index (χ3v) is 8.83. The summed E-state index contributed by atoms with van der Waals surface area (Å²) in [6.07, 6.45) is 1.69. The van der Waals surface area contributed by atoms with Gasteiger partial charge in [-0.05, 0) is 25.0 Å². The molecule has 26 heavy (non-hydrogen) atoms. The SMILES string of the molecule is O=C(Nc1nc2c(s1)CN(S(=O)(=O)c1ccc(Cl)s1)CC2)C1CCCO1. The second-order valence-electron chi connectivity index (χ2n) is 6.03. The van der Waals surface area contributed by atoms with Gasteiger partial charge in [0.25, 0.3) is 15.9 Å². The summed E-state index contributed by atoms with van der Waals surface area (Å²) in [7, 11) is -3.57. The molecule has 0 spiro atoms. The maximum Gasteiger partial charge on any atom is 0.255 e. The molecule has 4 heterocycles. The lowest BCUT2D eigenvalue weighted by atomic mass is 10.2. The largest absolute Gasteiger partial charge is 0.368 e. The summed E-state index contributed by atoms with van der Waals surface area (Å²) in [5, 5.41) is 3.28. The van der Waals surface area contributed by atoms with Gasteiger partial charge in [0.1, 0.15) is 10.3 Å². The Morgan fingerprint density at radius 1 is 1.38 bits per heavy atom. The molecule has 0 bridgehead atoms. The molecule has 11 heteroatoms. The first-order valence-corrected chi connectivity index (χ1v) is 11.5. The van der Waals surface area contributed by atoms with Gasteiger partial charge in [-0.3, -0.25) is 10.1 Å². The van der Waals surface area contributed by atoms with Crippen LogP contribution < -0.4 is 5.32 Å². The summed E-state index contributed by atoms with van der Waals surface area (Å²) in [6, 6.07) is 3.11. The Hall–Kier alpha value is -1.04. The third kappa shape index (κ3) is 3.54. The van der Waals surface area contributed by atoms with Crippen molar-refractivity contribution in [3.8, 4) is 0 Å². The van der Waals surface area contributed by atoms with Gasteiger partial charge in [0, 0.05) is 24.4 Å². The number of sulfonamides is 1. The van der Waals surface area contributed by atoms with Crippen LogP contribution >= 0.6 is 34.3 Å². The summed E-state index contributed by atoms with van der Waals surface area (Å²) in [5.74, 6) is -0.189. The van der Waals surface area contributed by atoms with Crippen molar-refractivity contribution in [2.24, 2.45) is 0 Å². The van der Waals surface area contributed by atoms with E-state index in [1.165, 1.54) is 21.7 Å². The van der Waals surface area contributed by atoms with Gasteiger partial charge in [-0.15, -0.1) is 22.7 Å². The average Bonchev–Trinajstić information content (AvgIpc) is 3.34. The number of fused-ring (bicyclic) bond motifs is 1. The number of halogens is 1. The Morgan fingerprint density at radius 2 is 2.23 bits per heavy atom. The molecule has 0 aliphatic carbocycles. The molecule has 2 aromatic rings. The predicted octanol–water partition coefficient (Wildman–Crippen LogP) is 2.72. The number of thiophene rings is 1. The highest BCUT2D eigenvalue weighted by molar-refractivity contribution is 7.91. The van der Waals surface area contributed by atoms with E-state index >= 15 is 0 Å². The Balaban J connectivity index is 1.49. The zero-order chi connectivity index (χ0) is 18.3. The van der Waals surface area contributed by atoms with Crippen molar-refractivity contribution in [1.29, 1.82) is 0 Å². The van der Waals surface area contributed by atoms with Gasteiger partial charge < -0.3 is 4.74 Å². The van der Waals surface area contributed by atoms with Crippen molar-refractivity contribution in [1.82, 2.24) is 9.29 Å². The van der Waals surface area contributed by atoms with E-state index in [-0.39, 0.29) is 16.7 Å². The summed E-state index contributed by atoms with van der Waals surface area (Å²) >= 11 is 8.23. The summed E-state index contributed by atoms with van der Waals surface area (Å²) in [4.78, 5) is 17.5. The number of amides is 1. The molecule has 1 N–H and O–H groups in total. The smallest absolute Gasteiger partial charge is 0.255 e. The first kappa shape index (κ1) is 18.3. The van der Waals surface area contributed by atoms with Crippen molar-refractivity contribution >= 4 is 55.3 Å². The topological polar surface area (TPSA) is 88.6 Å². The van der Waals surface area contributed by atoms with Crippen LogP contribution in [0, 0.1) is 0 Å². The minimum absolute atomic E-state index is 0.189. The molecule has 1 atom stereocenters. The third-order valence-electron chi connectivity index (χ3n) is 4.29. The number of anilines is 1. The minimum Gasteiger partial charge on any atom is -0.368 e. The van der Waals surface area contributed by atoms with E-state index in [9.17, 15) is 13.2 Å². The predicted molar refractivity (Wildman–Crippen MR) is 100 cm³/mol. The number of hydrogen-bond donors (Lipinski definition) is 1. The number of ether oxygens (including phenoxy) is 1. The second-order valence-corrected chi connectivity index (χ2v) is 11.0. The molecule has 1 unspecified atom stereocenters. The molecule has 7 nitrogen and oxygen atoms in total. The first-order valence-electron chi connectivity index (χ1n) is 8.10. The monoisotopic (exact) mass is 433 g/mol. The maximum atomic E-state index is 12.7. The van der Waals surface area contributed by atoms with Crippen molar-refractivity contribution in [3.63, 3.8) is 0 Å². The molecule has 0 saturated carbocycles. The van der Waals surface area contributed by atoms with Gasteiger partial charge in [0.05, 0.1) is 16.6 Å². The van der Waals surface area contributed by atoms with Crippen LogP contribution in [0.4, 0.5) is 5.13 Å². The van der Waals surface area contributed by atoms with E-state index in [0.717, 1.165) is 28.3 Å². The highest BCUT2D eigenvalue weighted by atomic mass is 35.5. The van der Waals surface area contributed by atoms with Crippen LogP contribution in [0.1, 0.15) is 23.4 Å². The van der Waals surface area contributed by atoms with E-state index in [4.69, 9.17) is 16.3 Å². The fourth-order valence-corrected chi connectivity index (χ4v) is 7.12. The summed E-state index contributed by atoms with van der Waals surface area (Å²) in [6.45, 7) is 1.21. The van der Waals surface area contributed by atoms with Gasteiger partial charge >= 0.3 is 0 Å². The van der Waals surface area contributed by atoms with E-state index in [1.807, 2.05) is 0 Å². The fraction of sp³-hybridized carbons (Fsp3) is 0.467. The number of carbonyl (C=O) groups excluding carboxylic acids is 1. The molecule has 140 valence electrons. The van der Waals surface area contributed by atoms with E-state index in [0.29, 0.717) is 35.5 Å². The summed E-state index contributed by atoms with van der Waals surface area (Å²) in [5.41, 5.74) is 0.841. The lowest BCUT2D eigenvalue weighted by Gasteiger charge is -2.24. The highest BCUT2D eigenvalue weighted by Crippen LogP contribution is 2.34. The number of nitrogens with zero attached hydrogens (tertiary/aromatic N) is 2. The van der Waals surface area contributed by atoms with Crippen LogP contribution in [0.3, 0.4) is 0 Å². The Labute approximate surface area is 164 Å². The molecule has 2 aromatic heterocycles. The fourth-order valence-electron chi connectivity index (χ4n) is 2.96. The van der Waals surface area contributed by atoms with Gasteiger partial charge in [0.2, 0.25) is 0 Å². The lowest BCUT2D eigenvalue weighted by Crippen LogP contribution is -2.35. The van der Waals surface area contributed by atoms with Gasteiger partial charge in [-0.25, -0.2) is 13.4 Å². The second kappa shape index (κ2) is 7.17. The van der Waals surface area contributed by atoms with E-state index in [2.05, 4.69) is 10.3 Å². The van der Waals surface area contributed by atoms with Crippen molar-refractivity contribution in [2.75, 3.05) is 18.5 Å². The molecule has 4 rings (SSSR count). The van der Waals surface area contributed by atoms with Crippen molar-refractivity contribution < 1.29 is 17.9 Å². The summed E-state index contributed by atoms with van der Waals surface area (Å²) < 4.78 is 33.0. The minimum atomic E-state index is -3.57. The highest BCUT2D eigenvalue weighted by Gasteiger charge is 2.32. The Morgan fingerprint density at radius 3 is 2.92 bits per heavy atom. The first-order chi connectivity index (χ1) is 12.4. The molecule has 1 fully saturated rings. The average molecular weight is 434 g/mol. The van der Waals surface area contributed by atoms with Crippen LogP contribution in [0.25, 0.3) is 0 Å². The van der Waals surface area contributed by atoms with Crippen LogP contribution in [-0.4, -0.2) is 42.9 Å². The molecule has 2 aliphatic rings. The zero-order valence-electron chi connectivity index (χ0n) is 13.6. The molecule has 2 aliphatic heterocycles. The number of aromatic nitrogens is 1. The number of hydrogen-bond acceptors (Lipinski definition) is 7. The molecule has 0 aromatic carbocycles. The maximum absolute atomic E-state index is 12.7. The van der Waals surface area contributed by atoms with Gasteiger partial charge in [-0.1, -0.05) is 11.6 Å².